The van der Waals surface area contributed by atoms with Crippen LogP contribution in [0.5, 0.6) is 0 Å². The van der Waals surface area contributed by atoms with E-state index < -0.39 is 10.0 Å². The van der Waals surface area contributed by atoms with Gasteiger partial charge in [-0.3, -0.25) is 9.10 Å². The van der Waals surface area contributed by atoms with Crippen LogP contribution in [0.25, 0.3) is 0 Å². The van der Waals surface area contributed by atoms with Crippen LogP contribution in [0.4, 0.5) is 5.69 Å². The summed E-state index contributed by atoms with van der Waals surface area (Å²) in [5.41, 5.74) is 1.47. The number of benzene rings is 2. The maximum absolute atomic E-state index is 13.3. The molecular weight excluding hydrogens is 408 g/mol. The monoisotopic (exact) mass is 434 g/mol. The number of carbonyl (C=O) groups is 1. The van der Waals surface area contributed by atoms with Gasteiger partial charge in [0.05, 0.1) is 16.7 Å². The second kappa shape index (κ2) is 9.65. The van der Waals surface area contributed by atoms with Crippen molar-refractivity contribution in [1.29, 1.82) is 0 Å². The van der Waals surface area contributed by atoms with Crippen molar-refractivity contribution in [2.45, 2.75) is 35.7 Å². The average molecular weight is 435 g/mol. The number of ether oxygens (including phenoxy) is 1. The summed E-state index contributed by atoms with van der Waals surface area (Å²) in [5, 5.41) is 2.80. The molecule has 0 unspecified atom stereocenters. The van der Waals surface area contributed by atoms with Crippen LogP contribution in [0.15, 0.2) is 58.3 Å². The smallest absolute Gasteiger partial charge is 0.264 e. The van der Waals surface area contributed by atoms with Gasteiger partial charge in [-0.15, -0.1) is 11.8 Å². The molecule has 8 heteroatoms. The van der Waals surface area contributed by atoms with Gasteiger partial charge in [-0.05, 0) is 62.4 Å². The molecule has 3 rings (SSSR count). The van der Waals surface area contributed by atoms with Crippen molar-refractivity contribution in [2.75, 3.05) is 30.3 Å². The molecule has 1 N–H and O–H groups in total. The highest BCUT2D eigenvalue weighted by Crippen LogP contribution is 2.25. The molecule has 0 radical (unpaired) electrons. The van der Waals surface area contributed by atoms with E-state index in [1.165, 1.54) is 11.8 Å². The number of anilines is 1. The Morgan fingerprint density at radius 3 is 2.45 bits per heavy atom. The number of rotatable bonds is 8. The van der Waals surface area contributed by atoms with Crippen molar-refractivity contribution in [1.82, 2.24) is 5.32 Å². The van der Waals surface area contributed by atoms with Gasteiger partial charge in [0.25, 0.3) is 10.0 Å². The number of thioether (sulfide) groups is 1. The van der Waals surface area contributed by atoms with Crippen LogP contribution in [0.2, 0.25) is 0 Å². The highest BCUT2D eigenvalue weighted by Gasteiger charge is 2.27. The fraction of sp³-hybridized carbons (Fsp3) is 0.381. The molecule has 1 aliphatic rings. The summed E-state index contributed by atoms with van der Waals surface area (Å²) in [7, 11) is -3.89. The molecule has 0 aromatic heterocycles. The standard InChI is InChI=1S/C21H26N2O4S2/c1-16-5-7-17(8-6-16)23(15-21(24)22-14-18-4-3-13-27-18)29(25,26)20-11-9-19(28-2)10-12-20/h5-12,18H,3-4,13-15H2,1-2H3,(H,22,24)/t18-/m1/s1. The van der Waals surface area contributed by atoms with Crippen LogP contribution in [0.1, 0.15) is 18.4 Å². The van der Waals surface area contributed by atoms with Gasteiger partial charge < -0.3 is 10.1 Å². The molecule has 6 nitrogen and oxygen atoms in total. The molecule has 1 fully saturated rings. The SMILES string of the molecule is CSc1ccc(S(=O)(=O)N(CC(=O)NC[C@H]2CCCO2)c2ccc(C)cc2)cc1. The van der Waals surface area contributed by atoms with Crippen molar-refractivity contribution < 1.29 is 17.9 Å². The Balaban J connectivity index is 1.83. The number of nitrogens with zero attached hydrogens (tertiary/aromatic N) is 1. The molecule has 0 saturated carbocycles. The third-order valence-corrected chi connectivity index (χ3v) is 7.34. The molecule has 1 atom stereocenters. The number of sulfonamides is 1. The molecule has 0 spiro atoms. The van der Waals surface area contributed by atoms with Gasteiger partial charge in [-0.1, -0.05) is 17.7 Å². The Morgan fingerprint density at radius 1 is 1.17 bits per heavy atom. The van der Waals surface area contributed by atoms with E-state index in [2.05, 4.69) is 5.32 Å². The predicted octanol–water partition coefficient (Wildman–Crippen LogP) is 3.21. The minimum absolute atomic E-state index is 0.00229. The first-order valence-electron chi connectivity index (χ1n) is 9.52. The second-order valence-corrected chi connectivity index (χ2v) is 9.70. The lowest BCUT2D eigenvalue weighted by Gasteiger charge is -2.24. The number of amides is 1. The quantitative estimate of drug-likeness (QED) is 0.646. The summed E-state index contributed by atoms with van der Waals surface area (Å²) in [4.78, 5) is 13.7. The molecule has 1 saturated heterocycles. The van der Waals surface area contributed by atoms with Crippen molar-refractivity contribution >= 4 is 33.4 Å². The Bertz CT molecular complexity index is 922. The largest absolute Gasteiger partial charge is 0.376 e. The molecule has 1 amide bonds. The average Bonchev–Trinajstić information content (AvgIpc) is 3.25. The molecular formula is C21H26N2O4S2. The summed E-state index contributed by atoms with van der Waals surface area (Å²) in [6.45, 7) is 2.74. The third kappa shape index (κ3) is 5.52. The van der Waals surface area contributed by atoms with Crippen LogP contribution in [0, 0.1) is 6.92 Å². The number of hydrogen-bond acceptors (Lipinski definition) is 5. The van der Waals surface area contributed by atoms with Gasteiger partial charge in [-0.2, -0.15) is 0 Å². The Labute approximate surface area is 176 Å². The highest BCUT2D eigenvalue weighted by atomic mass is 32.2. The zero-order valence-electron chi connectivity index (χ0n) is 16.6. The van der Waals surface area contributed by atoms with Crippen LogP contribution in [-0.2, 0) is 19.6 Å². The summed E-state index contributed by atoms with van der Waals surface area (Å²) in [6, 6.07) is 13.8. The lowest BCUT2D eigenvalue weighted by Crippen LogP contribution is -2.42. The van der Waals surface area contributed by atoms with Crippen molar-refractivity contribution in [3.8, 4) is 0 Å². The normalized spacial score (nSPS) is 16.6. The number of hydrogen-bond donors (Lipinski definition) is 1. The molecule has 29 heavy (non-hydrogen) atoms. The Hall–Kier alpha value is -2.03. The Morgan fingerprint density at radius 2 is 1.86 bits per heavy atom. The number of nitrogens with one attached hydrogen (secondary N) is 1. The maximum Gasteiger partial charge on any atom is 0.264 e. The van der Waals surface area contributed by atoms with E-state index in [4.69, 9.17) is 4.74 Å². The molecule has 156 valence electrons. The van der Waals surface area contributed by atoms with Gasteiger partial charge in [0.1, 0.15) is 6.54 Å². The van der Waals surface area contributed by atoms with E-state index in [0.717, 1.165) is 27.6 Å². The number of carbonyl (C=O) groups excluding carboxylic acids is 1. The van der Waals surface area contributed by atoms with Crippen LogP contribution < -0.4 is 9.62 Å². The van der Waals surface area contributed by atoms with E-state index >= 15 is 0 Å². The van der Waals surface area contributed by atoms with Gasteiger partial charge >= 0.3 is 0 Å². The van der Waals surface area contributed by atoms with Crippen molar-refractivity contribution in [3.05, 3.63) is 54.1 Å². The minimum Gasteiger partial charge on any atom is -0.376 e. The molecule has 1 heterocycles. The zero-order chi connectivity index (χ0) is 20.9. The van der Waals surface area contributed by atoms with Gasteiger partial charge in [0.2, 0.25) is 5.91 Å². The van der Waals surface area contributed by atoms with Gasteiger partial charge in [0.15, 0.2) is 0 Å². The summed E-state index contributed by atoms with van der Waals surface area (Å²) in [5.74, 6) is -0.356. The second-order valence-electron chi connectivity index (χ2n) is 6.96. The topological polar surface area (TPSA) is 75.7 Å². The van der Waals surface area contributed by atoms with E-state index in [-0.39, 0.29) is 23.5 Å². The zero-order valence-corrected chi connectivity index (χ0v) is 18.3. The van der Waals surface area contributed by atoms with Crippen molar-refractivity contribution in [3.63, 3.8) is 0 Å². The molecule has 2 aromatic carbocycles. The lowest BCUT2D eigenvalue weighted by atomic mass is 10.2. The van der Waals surface area contributed by atoms with E-state index in [1.807, 2.05) is 25.3 Å². The predicted molar refractivity (Wildman–Crippen MR) is 116 cm³/mol. The Kier molecular flexibility index (Phi) is 7.21. The first-order valence-corrected chi connectivity index (χ1v) is 12.2. The van der Waals surface area contributed by atoms with E-state index in [9.17, 15) is 13.2 Å². The van der Waals surface area contributed by atoms with Crippen LogP contribution in [0.3, 0.4) is 0 Å². The van der Waals surface area contributed by atoms with Crippen molar-refractivity contribution in [2.24, 2.45) is 0 Å². The van der Waals surface area contributed by atoms with E-state index in [0.29, 0.717) is 18.8 Å². The molecule has 0 aliphatic carbocycles. The fourth-order valence-corrected chi connectivity index (χ4v) is 4.95. The fourth-order valence-electron chi connectivity index (χ4n) is 3.12. The summed E-state index contributed by atoms with van der Waals surface area (Å²) in [6.07, 6.45) is 3.82. The maximum atomic E-state index is 13.3. The van der Waals surface area contributed by atoms with Crippen LogP contribution in [-0.4, -0.2) is 46.4 Å². The first kappa shape index (κ1) is 21.7. The van der Waals surface area contributed by atoms with Gasteiger partial charge in [0, 0.05) is 18.0 Å². The molecule has 0 bridgehead atoms. The third-order valence-electron chi connectivity index (χ3n) is 4.81. The summed E-state index contributed by atoms with van der Waals surface area (Å²) >= 11 is 1.54. The summed E-state index contributed by atoms with van der Waals surface area (Å²) < 4.78 is 33.3. The van der Waals surface area contributed by atoms with E-state index in [1.54, 1.807) is 36.4 Å². The van der Waals surface area contributed by atoms with Gasteiger partial charge in [-0.25, -0.2) is 8.42 Å². The number of aryl methyl sites for hydroxylation is 1. The van der Waals surface area contributed by atoms with Crippen LogP contribution >= 0.6 is 11.8 Å². The molecule has 1 aliphatic heterocycles. The lowest BCUT2D eigenvalue weighted by molar-refractivity contribution is -0.120. The first-order chi connectivity index (χ1) is 13.9. The highest BCUT2D eigenvalue weighted by molar-refractivity contribution is 7.98. The minimum atomic E-state index is -3.89. The molecule has 2 aromatic rings.